The predicted molar refractivity (Wildman–Crippen MR) is 78.1 cm³/mol. The molecule has 1 N–H and O–H groups in total. The maximum atomic E-state index is 13.1. The molecule has 0 aliphatic carbocycles. The summed E-state index contributed by atoms with van der Waals surface area (Å²) in [6, 6.07) is 7.36. The van der Waals surface area contributed by atoms with Gasteiger partial charge in [-0.25, -0.2) is 9.18 Å². The number of benzene rings is 1. The highest BCUT2D eigenvalue weighted by Gasteiger charge is 2.13. The van der Waals surface area contributed by atoms with E-state index in [1.54, 1.807) is 16.5 Å². The molecule has 1 aromatic carbocycles. The fourth-order valence-electron chi connectivity index (χ4n) is 1.87. The highest BCUT2D eigenvalue weighted by Crippen LogP contribution is 2.25. The molecule has 100 valence electrons. The summed E-state index contributed by atoms with van der Waals surface area (Å²) in [6.07, 6.45) is 1.45. The van der Waals surface area contributed by atoms with E-state index in [0.29, 0.717) is 20.6 Å². The molecule has 5 nitrogen and oxygen atoms in total. The van der Waals surface area contributed by atoms with E-state index in [1.807, 2.05) is 22.6 Å². The summed E-state index contributed by atoms with van der Waals surface area (Å²) in [6.45, 7) is 0. The number of hydrogen-bond acceptors (Lipinski definition) is 3. The average molecular weight is 383 g/mol. The van der Waals surface area contributed by atoms with E-state index in [9.17, 15) is 9.18 Å². The van der Waals surface area contributed by atoms with Crippen LogP contribution in [0.3, 0.4) is 0 Å². The van der Waals surface area contributed by atoms with Gasteiger partial charge in [0.2, 0.25) is 0 Å². The topological polar surface area (TPSA) is 67.5 Å². The van der Waals surface area contributed by atoms with Gasteiger partial charge in [0.05, 0.1) is 5.56 Å². The summed E-state index contributed by atoms with van der Waals surface area (Å²) < 4.78 is 15.4. The summed E-state index contributed by atoms with van der Waals surface area (Å²) >= 11 is 2.00. The maximum Gasteiger partial charge on any atom is 0.337 e. The first-order chi connectivity index (χ1) is 9.56. The molecule has 3 aromatic rings. The van der Waals surface area contributed by atoms with Gasteiger partial charge in [-0.2, -0.15) is 0 Å². The molecule has 0 saturated heterocycles. The molecule has 0 unspecified atom stereocenters. The van der Waals surface area contributed by atoms with E-state index in [0.717, 1.165) is 0 Å². The molecule has 0 atom stereocenters. The molecule has 0 fully saturated rings. The molecule has 0 bridgehead atoms. The van der Waals surface area contributed by atoms with Crippen LogP contribution in [0.5, 0.6) is 0 Å². The van der Waals surface area contributed by atoms with Crippen molar-refractivity contribution in [2.45, 2.75) is 0 Å². The minimum atomic E-state index is -1.03. The first kappa shape index (κ1) is 13.0. The van der Waals surface area contributed by atoms with E-state index in [-0.39, 0.29) is 11.4 Å². The Morgan fingerprint density at radius 2 is 2.05 bits per heavy atom. The lowest BCUT2D eigenvalue weighted by Crippen LogP contribution is -2.00. The maximum absolute atomic E-state index is 13.1. The van der Waals surface area contributed by atoms with E-state index in [4.69, 9.17) is 5.11 Å². The molecule has 3 rings (SSSR count). The van der Waals surface area contributed by atoms with Crippen LogP contribution >= 0.6 is 22.6 Å². The number of nitrogens with zero attached hydrogens (tertiary/aromatic N) is 3. The summed E-state index contributed by atoms with van der Waals surface area (Å²) in [7, 11) is 0. The molecular weight excluding hydrogens is 376 g/mol. The first-order valence-corrected chi connectivity index (χ1v) is 6.67. The largest absolute Gasteiger partial charge is 0.478 e. The van der Waals surface area contributed by atoms with Gasteiger partial charge in [-0.1, -0.05) is 0 Å². The van der Waals surface area contributed by atoms with Crippen LogP contribution in [0.15, 0.2) is 36.5 Å². The monoisotopic (exact) mass is 383 g/mol. The zero-order valence-electron chi connectivity index (χ0n) is 9.92. The van der Waals surface area contributed by atoms with Crippen molar-refractivity contribution in [1.82, 2.24) is 14.6 Å². The lowest BCUT2D eigenvalue weighted by Gasteiger charge is -2.04. The van der Waals surface area contributed by atoms with Crippen molar-refractivity contribution < 1.29 is 14.3 Å². The summed E-state index contributed by atoms with van der Waals surface area (Å²) in [5.41, 5.74) is 1.36. The Morgan fingerprint density at radius 3 is 2.75 bits per heavy atom. The number of hydrogen-bond donors (Lipinski definition) is 1. The number of halogens is 2. The normalized spacial score (nSPS) is 10.9. The molecule has 7 heteroatoms. The third kappa shape index (κ3) is 2.13. The van der Waals surface area contributed by atoms with Gasteiger partial charge in [-0.3, -0.25) is 4.40 Å². The molecule has 2 aromatic heterocycles. The standard InChI is InChI=1S/C13H7FIN3O2/c14-8-2-3-9(10(15)5-8)12-17-16-11-4-1-7(13(19)20)6-18(11)12/h1-6H,(H,19,20). The molecule has 0 saturated carbocycles. The van der Waals surface area contributed by atoms with Gasteiger partial charge in [0.1, 0.15) is 5.82 Å². The smallest absolute Gasteiger partial charge is 0.337 e. The number of rotatable bonds is 2. The number of pyridine rings is 1. The molecule has 0 amide bonds. The summed E-state index contributed by atoms with van der Waals surface area (Å²) in [4.78, 5) is 11.0. The molecule has 0 radical (unpaired) electrons. The SMILES string of the molecule is O=C(O)c1ccc2nnc(-c3ccc(F)cc3I)n2c1. The number of carbonyl (C=O) groups is 1. The van der Waals surface area contributed by atoms with Crippen molar-refractivity contribution in [2.24, 2.45) is 0 Å². The zero-order valence-corrected chi connectivity index (χ0v) is 12.1. The second kappa shape index (κ2) is 4.82. The average Bonchev–Trinajstić information content (AvgIpc) is 2.81. The van der Waals surface area contributed by atoms with Crippen molar-refractivity contribution in [2.75, 3.05) is 0 Å². The van der Waals surface area contributed by atoms with Crippen LogP contribution in [0.4, 0.5) is 4.39 Å². The van der Waals surface area contributed by atoms with Crippen molar-refractivity contribution in [3.8, 4) is 11.4 Å². The lowest BCUT2D eigenvalue weighted by atomic mass is 10.2. The second-order valence-corrected chi connectivity index (χ2v) is 5.26. The molecule has 0 aliphatic heterocycles. The Morgan fingerprint density at radius 1 is 1.25 bits per heavy atom. The Labute approximate surface area is 126 Å². The molecule has 2 heterocycles. The Hall–Kier alpha value is -2.03. The molecular formula is C13H7FIN3O2. The van der Waals surface area contributed by atoms with Gasteiger partial charge < -0.3 is 5.11 Å². The minimum absolute atomic E-state index is 0.135. The van der Waals surface area contributed by atoms with Crippen LogP contribution in [-0.4, -0.2) is 25.7 Å². The predicted octanol–water partition coefficient (Wildman–Crippen LogP) is 2.84. The number of aromatic carboxylic acids is 1. The van der Waals surface area contributed by atoms with Crippen LogP contribution in [0.25, 0.3) is 17.0 Å². The second-order valence-electron chi connectivity index (χ2n) is 4.10. The van der Waals surface area contributed by atoms with E-state index >= 15 is 0 Å². The molecule has 0 aliphatic rings. The van der Waals surface area contributed by atoms with Gasteiger partial charge in [0.15, 0.2) is 11.5 Å². The first-order valence-electron chi connectivity index (χ1n) is 5.60. The van der Waals surface area contributed by atoms with Crippen LogP contribution in [0, 0.1) is 9.39 Å². The Kier molecular flexibility index (Phi) is 3.13. The Balaban J connectivity index is 2.25. The van der Waals surface area contributed by atoms with E-state index in [1.165, 1.54) is 24.4 Å². The fourth-order valence-corrected chi connectivity index (χ4v) is 2.59. The lowest BCUT2D eigenvalue weighted by molar-refractivity contribution is 0.0696. The van der Waals surface area contributed by atoms with Gasteiger partial charge in [-0.05, 0) is 52.9 Å². The van der Waals surface area contributed by atoms with Crippen LogP contribution in [-0.2, 0) is 0 Å². The van der Waals surface area contributed by atoms with Crippen molar-refractivity contribution in [3.63, 3.8) is 0 Å². The van der Waals surface area contributed by atoms with E-state index < -0.39 is 5.97 Å². The van der Waals surface area contributed by atoms with Crippen LogP contribution in [0.2, 0.25) is 0 Å². The van der Waals surface area contributed by atoms with Crippen LogP contribution < -0.4 is 0 Å². The molecule has 20 heavy (non-hydrogen) atoms. The van der Waals surface area contributed by atoms with Gasteiger partial charge in [-0.15, -0.1) is 10.2 Å². The Bertz CT molecular complexity index is 832. The number of carboxylic acid groups (broad SMARTS) is 1. The van der Waals surface area contributed by atoms with Gasteiger partial charge in [0.25, 0.3) is 0 Å². The quantitative estimate of drug-likeness (QED) is 0.692. The van der Waals surface area contributed by atoms with Crippen molar-refractivity contribution >= 4 is 34.2 Å². The highest BCUT2D eigenvalue weighted by atomic mass is 127. The minimum Gasteiger partial charge on any atom is -0.478 e. The third-order valence-corrected chi connectivity index (χ3v) is 3.71. The summed E-state index contributed by atoms with van der Waals surface area (Å²) in [5.74, 6) is -0.883. The fraction of sp³-hybridized carbons (Fsp3) is 0. The number of fused-ring (bicyclic) bond motifs is 1. The van der Waals surface area contributed by atoms with Gasteiger partial charge in [0, 0.05) is 15.3 Å². The highest BCUT2D eigenvalue weighted by molar-refractivity contribution is 14.1. The van der Waals surface area contributed by atoms with Crippen molar-refractivity contribution in [3.05, 3.63) is 51.5 Å². The molecule has 0 spiro atoms. The number of aromatic nitrogens is 3. The third-order valence-electron chi connectivity index (χ3n) is 2.82. The van der Waals surface area contributed by atoms with Crippen molar-refractivity contribution in [1.29, 1.82) is 0 Å². The van der Waals surface area contributed by atoms with Gasteiger partial charge >= 0.3 is 5.97 Å². The summed E-state index contributed by atoms with van der Waals surface area (Å²) in [5, 5.41) is 17.1. The van der Waals surface area contributed by atoms with E-state index in [2.05, 4.69) is 10.2 Å². The zero-order chi connectivity index (χ0) is 14.3. The number of carboxylic acids is 1. The van der Waals surface area contributed by atoms with Crippen LogP contribution in [0.1, 0.15) is 10.4 Å².